The lowest BCUT2D eigenvalue weighted by atomic mass is 10.1. The van der Waals surface area contributed by atoms with Crippen LogP contribution in [-0.2, 0) is 0 Å². The van der Waals surface area contributed by atoms with E-state index in [1.165, 1.54) is 18.2 Å². The van der Waals surface area contributed by atoms with Crippen LogP contribution in [0.4, 0.5) is 5.69 Å². The zero-order chi connectivity index (χ0) is 13.8. The Morgan fingerprint density at radius 1 is 1.58 bits per heavy atom. The van der Waals surface area contributed by atoms with Crippen molar-refractivity contribution in [2.24, 2.45) is 5.92 Å². The maximum Gasteiger partial charge on any atom is 0.283 e. The minimum Gasteiger partial charge on any atom is -0.351 e. The van der Waals surface area contributed by atoms with Gasteiger partial charge in [0.15, 0.2) is 0 Å². The van der Waals surface area contributed by atoms with Crippen molar-refractivity contribution >= 4 is 23.2 Å². The molecule has 19 heavy (non-hydrogen) atoms. The molecule has 102 valence electrons. The van der Waals surface area contributed by atoms with Gasteiger partial charge in [-0.2, -0.15) is 0 Å². The fraction of sp³-hybridized carbons (Fsp3) is 0.417. The Hall–Kier alpha value is -1.66. The molecule has 0 spiro atoms. The summed E-state index contributed by atoms with van der Waals surface area (Å²) in [5.41, 5.74) is -0.338. The summed E-state index contributed by atoms with van der Waals surface area (Å²) in [6.07, 6.45) is 0.991. The molecule has 6 nitrogen and oxygen atoms in total. The van der Waals surface area contributed by atoms with Crippen LogP contribution in [0.1, 0.15) is 16.8 Å². The Morgan fingerprint density at radius 2 is 2.37 bits per heavy atom. The second kappa shape index (κ2) is 5.99. The van der Waals surface area contributed by atoms with E-state index in [0.717, 1.165) is 19.5 Å². The van der Waals surface area contributed by atoms with Crippen LogP contribution in [0.3, 0.4) is 0 Å². The molecular weight excluding hydrogens is 270 g/mol. The van der Waals surface area contributed by atoms with Gasteiger partial charge in [0, 0.05) is 12.6 Å². The van der Waals surface area contributed by atoms with Crippen LogP contribution in [0, 0.1) is 16.0 Å². The highest BCUT2D eigenvalue weighted by molar-refractivity contribution is 6.34. The first-order chi connectivity index (χ1) is 9.09. The molecule has 7 heteroatoms. The molecule has 1 aliphatic heterocycles. The molecule has 0 aromatic heterocycles. The predicted octanol–water partition coefficient (Wildman–Crippen LogP) is 1.59. The van der Waals surface area contributed by atoms with Gasteiger partial charge in [-0.1, -0.05) is 17.7 Å². The third kappa shape index (κ3) is 3.21. The lowest BCUT2D eigenvalue weighted by molar-refractivity contribution is -0.385. The molecule has 0 aliphatic carbocycles. The summed E-state index contributed by atoms with van der Waals surface area (Å²) in [6.45, 7) is 2.28. The monoisotopic (exact) mass is 283 g/mol. The predicted molar refractivity (Wildman–Crippen MR) is 71.4 cm³/mol. The number of hydrogen-bond donors (Lipinski definition) is 2. The van der Waals surface area contributed by atoms with E-state index in [-0.39, 0.29) is 16.3 Å². The Balaban J connectivity index is 2.11. The van der Waals surface area contributed by atoms with Gasteiger partial charge in [0.25, 0.3) is 11.6 Å². The number of amides is 1. The third-order valence-electron chi connectivity index (χ3n) is 3.13. The number of nitrogens with zero attached hydrogens (tertiary/aromatic N) is 1. The molecule has 1 aromatic carbocycles. The van der Waals surface area contributed by atoms with Crippen LogP contribution in [0.15, 0.2) is 18.2 Å². The summed E-state index contributed by atoms with van der Waals surface area (Å²) >= 11 is 5.89. The van der Waals surface area contributed by atoms with Crippen LogP contribution >= 0.6 is 11.6 Å². The molecule has 2 rings (SSSR count). The maximum absolute atomic E-state index is 12.0. The van der Waals surface area contributed by atoms with Crippen molar-refractivity contribution in [1.82, 2.24) is 10.6 Å². The molecule has 1 fully saturated rings. The second-order valence-electron chi connectivity index (χ2n) is 4.46. The van der Waals surface area contributed by atoms with Crippen LogP contribution in [-0.4, -0.2) is 30.5 Å². The molecule has 2 N–H and O–H groups in total. The fourth-order valence-electron chi connectivity index (χ4n) is 2.10. The minimum absolute atomic E-state index is 0.0693. The van der Waals surface area contributed by atoms with Gasteiger partial charge in [-0.15, -0.1) is 0 Å². The summed E-state index contributed by atoms with van der Waals surface area (Å²) in [5.74, 6) is -0.130. The number of benzene rings is 1. The highest BCUT2D eigenvalue weighted by atomic mass is 35.5. The average molecular weight is 284 g/mol. The van der Waals surface area contributed by atoms with Gasteiger partial charge in [0.2, 0.25) is 0 Å². The summed E-state index contributed by atoms with van der Waals surface area (Å²) in [5, 5.41) is 16.9. The molecule has 1 atom stereocenters. The van der Waals surface area contributed by atoms with E-state index in [1.807, 2.05) is 0 Å². The molecule has 0 saturated carbocycles. The summed E-state index contributed by atoms with van der Waals surface area (Å²) < 4.78 is 0. The molecule has 1 aliphatic rings. The van der Waals surface area contributed by atoms with Crippen LogP contribution in [0.25, 0.3) is 0 Å². The lowest BCUT2D eigenvalue weighted by Crippen LogP contribution is -2.30. The van der Waals surface area contributed by atoms with E-state index in [0.29, 0.717) is 12.5 Å². The van der Waals surface area contributed by atoms with Crippen LogP contribution in [0.2, 0.25) is 5.02 Å². The quantitative estimate of drug-likeness (QED) is 0.649. The summed E-state index contributed by atoms with van der Waals surface area (Å²) in [7, 11) is 0. The number of nitro benzene ring substituents is 1. The van der Waals surface area contributed by atoms with E-state index in [9.17, 15) is 14.9 Å². The van der Waals surface area contributed by atoms with Crippen LogP contribution < -0.4 is 10.6 Å². The first-order valence-electron chi connectivity index (χ1n) is 6.01. The van der Waals surface area contributed by atoms with Gasteiger partial charge < -0.3 is 10.6 Å². The smallest absolute Gasteiger partial charge is 0.283 e. The maximum atomic E-state index is 12.0. The number of carbonyl (C=O) groups is 1. The van der Waals surface area contributed by atoms with Crippen molar-refractivity contribution in [2.75, 3.05) is 19.6 Å². The van der Waals surface area contributed by atoms with Gasteiger partial charge in [0.1, 0.15) is 5.56 Å². The number of rotatable bonds is 4. The molecule has 1 saturated heterocycles. The number of hydrogen-bond acceptors (Lipinski definition) is 4. The third-order valence-corrected chi connectivity index (χ3v) is 3.44. The Bertz CT molecular complexity index is 501. The number of halogens is 1. The Morgan fingerprint density at radius 3 is 3.00 bits per heavy atom. The molecule has 0 radical (unpaired) electrons. The van der Waals surface area contributed by atoms with Crippen molar-refractivity contribution < 1.29 is 9.72 Å². The second-order valence-corrected chi connectivity index (χ2v) is 4.87. The number of nitrogens with one attached hydrogen (secondary N) is 2. The first kappa shape index (κ1) is 13.8. The van der Waals surface area contributed by atoms with Crippen molar-refractivity contribution in [3.63, 3.8) is 0 Å². The lowest BCUT2D eigenvalue weighted by Gasteiger charge is -2.11. The van der Waals surface area contributed by atoms with Crippen LogP contribution in [0.5, 0.6) is 0 Å². The first-order valence-corrected chi connectivity index (χ1v) is 6.39. The molecular formula is C12H14ClN3O3. The molecule has 1 heterocycles. The van der Waals surface area contributed by atoms with E-state index < -0.39 is 10.8 Å². The van der Waals surface area contributed by atoms with E-state index >= 15 is 0 Å². The van der Waals surface area contributed by atoms with E-state index in [2.05, 4.69) is 10.6 Å². The number of nitro groups is 1. The van der Waals surface area contributed by atoms with Gasteiger partial charge >= 0.3 is 0 Å². The fourth-order valence-corrected chi connectivity index (χ4v) is 2.36. The van der Waals surface area contributed by atoms with Crippen molar-refractivity contribution in [2.45, 2.75) is 6.42 Å². The zero-order valence-electron chi connectivity index (χ0n) is 10.2. The molecule has 1 amide bonds. The standard InChI is InChI=1S/C12H14ClN3O3/c13-9-2-1-3-10(16(18)19)11(9)12(17)15-7-8-4-5-14-6-8/h1-3,8,14H,4-7H2,(H,15,17). The van der Waals surface area contributed by atoms with E-state index in [1.54, 1.807) is 0 Å². The van der Waals surface area contributed by atoms with Crippen molar-refractivity contribution in [3.8, 4) is 0 Å². The van der Waals surface area contributed by atoms with Crippen molar-refractivity contribution in [1.29, 1.82) is 0 Å². The Kier molecular flexibility index (Phi) is 4.34. The minimum atomic E-state index is -0.599. The van der Waals surface area contributed by atoms with Gasteiger partial charge in [0.05, 0.1) is 9.95 Å². The zero-order valence-corrected chi connectivity index (χ0v) is 10.9. The summed E-state index contributed by atoms with van der Waals surface area (Å²) in [6, 6.07) is 4.21. The van der Waals surface area contributed by atoms with Gasteiger partial charge in [-0.05, 0) is 31.5 Å². The van der Waals surface area contributed by atoms with Gasteiger partial charge in [-0.3, -0.25) is 14.9 Å². The van der Waals surface area contributed by atoms with E-state index in [4.69, 9.17) is 11.6 Å². The van der Waals surface area contributed by atoms with Crippen molar-refractivity contribution in [3.05, 3.63) is 38.9 Å². The SMILES string of the molecule is O=C(NCC1CCNC1)c1c(Cl)cccc1[N+](=O)[O-]. The molecule has 0 bridgehead atoms. The Labute approximate surface area is 115 Å². The highest BCUT2D eigenvalue weighted by Gasteiger charge is 2.24. The average Bonchev–Trinajstić information content (AvgIpc) is 2.88. The highest BCUT2D eigenvalue weighted by Crippen LogP contribution is 2.26. The normalized spacial score (nSPS) is 18.3. The van der Waals surface area contributed by atoms with Gasteiger partial charge in [-0.25, -0.2) is 0 Å². The molecule has 1 aromatic rings. The topological polar surface area (TPSA) is 84.3 Å². The molecule has 1 unspecified atom stereocenters. The number of carbonyl (C=O) groups excluding carboxylic acids is 1. The summed E-state index contributed by atoms with van der Waals surface area (Å²) in [4.78, 5) is 22.3. The largest absolute Gasteiger partial charge is 0.351 e.